The molecule has 3 rings (SSSR count). The molecule has 0 saturated carbocycles. The highest BCUT2D eigenvalue weighted by Gasteiger charge is 2.19. The van der Waals surface area contributed by atoms with Gasteiger partial charge in [0, 0.05) is 13.1 Å². The third-order valence-corrected chi connectivity index (χ3v) is 3.43. The van der Waals surface area contributed by atoms with Gasteiger partial charge in [0.1, 0.15) is 17.2 Å². The van der Waals surface area contributed by atoms with Crippen LogP contribution in [0.4, 0.5) is 5.82 Å². The standard InChI is InChI=1S/C15H15N5O/c1-9-5-3-4-6-10(9)13-14(19-20(2)15(13)16)11-7-8-12(21)18-17-11/h3-8H,16H2,1-2H3,(H,18,21). The van der Waals surface area contributed by atoms with Crippen molar-refractivity contribution in [1.29, 1.82) is 0 Å². The third-order valence-electron chi connectivity index (χ3n) is 3.43. The number of nitrogens with two attached hydrogens (primary N) is 1. The Morgan fingerprint density at radius 2 is 1.95 bits per heavy atom. The number of aromatic amines is 1. The van der Waals surface area contributed by atoms with Crippen molar-refractivity contribution in [2.24, 2.45) is 7.05 Å². The monoisotopic (exact) mass is 281 g/mol. The van der Waals surface area contributed by atoms with Crippen LogP contribution in [0.3, 0.4) is 0 Å². The van der Waals surface area contributed by atoms with Gasteiger partial charge in [-0.05, 0) is 24.1 Å². The van der Waals surface area contributed by atoms with E-state index in [9.17, 15) is 4.79 Å². The van der Waals surface area contributed by atoms with Gasteiger partial charge in [0.2, 0.25) is 0 Å². The van der Waals surface area contributed by atoms with E-state index in [2.05, 4.69) is 15.3 Å². The average Bonchev–Trinajstić information content (AvgIpc) is 2.77. The predicted molar refractivity (Wildman–Crippen MR) is 81.6 cm³/mol. The van der Waals surface area contributed by atoms with Crippen LogP contribution in [-0.2, 0) is 7.05 Å². The lowest BCUT2D eigenvalue weighted by Crippen LogP contribution is -2.06. The minimum atomic E-state index is -0.250. The van der Waals surface area contributed by atoms with Crippen LogP contribution in [0, 0.1) is 6.92 Å². The van der Waals surface area contributed by atoms with Crippen molar-refractivity contribution in [2.75, 3.05) is 5.73 Å². The van der Waals surface area contributed by atoms with Crippen molar-refractivity contribution in [3.63, 3.8) is 0 Å². The number of aryl methyl sites for hydroxylation is 2. The maximum absolute atomic E-state index is 11.2. The topological polar surface area (TPSA) is 89.6 Å². The molecule has 0 atom stereocenters. The van der Waals surface area contributed by atoms with Crippen LogP contribution in [0.1, 0.15) is 5.56 Å². The average molecular weight is 281 g/mol. The van der Waals surface area contributed by atoms with E-state index >= 15 is 0 Å². The second-order valence-corrected chi connectivity index (χ2v) is 4.85. The van der Waals surface area contributed by atoms with Crippen LogP contribution in [0.2, 0.25) is 0 Å². The molecule has 0 aliphatic rings. The molecule has 6 heteroatoms. The Bertz CT molecular complexity index is 842. The van der Waals surface area contributed by atoms with Crippen LogP contribution >= 0.6 is 0 Å². The molecule has 3 N–H and O–H groups in total. The number of rotatable bonds is 2. The fraction of sp³-hybridized carbons (Fsp3) is 0.133. The molecular weight excluding hydrogens is 266 g/mol. The second kappa shape index (κ2) is 4.90. The lowest BCUT2D eigenvalue weighted by molar-refractivity contribution is 0.780. The SMILES string of the molecule is Cc1ccccc1-c1c(-c2ccc(=O)[nH]n2)nn(C)c1N. The van der Waals surface area contributed by atoms with Gasteiger partial charge < -0.3 is 5.73 Å². The molecule has 0 bridgehead atoms. The Morgan fingerprint density at radius 1 is 1.19 bits per heavy atom. The van der Waals surface area contributed by atoms with Crippen LogP contribution in [0.15, 0.2) is 41.2 Å². The highest BCUT2D eigenvalue weighted by atomic mass is 16.1. The largest absolute Gasteiger partial charge is 0.383 e. The highest BCUT2D eigenvalue weighted by molar-refractivity contribution is 5.88. The fourth-order valence-corrected chi connectivity index (χ4v) is 2.31. The van der Waals surface area contributed by atoms with Crippen molar-refractivity contribution >= 4 is 5.82 Å². The summed E-state index contributed by atoms with van der Waals surface area (Å²) in [5, 5.41) is 10.9. The number of nitrogens with zero attached hydrogens (tertiary/aromatic N) is 3. The van der Waals surface area contributed by atoms with Crippen molar-refractivity contribution < 1.29 is 0 Å². The lowest BCUT2D eigenvalue weighted by atomic mass is 9.99. The minimum absolute atomic E-state index is 0.250. The van der Waals surface area contributed by atoms with Gasteiger partial charge >= 0.3 is 0 Å². The lowest BCUT2D eigenvalue weighted by Gasteiger charge is -2.07. The molecule has 0 spiro atoms. The summed E-state index contributed by atoms with van der Waals surface area (Å²) in [6, 6.07) is 11.0. The smallest absolute Gasteiger partial charge is 0.264 e. The first-order valence-electron chi connectivity index (χ1n) is 6.52. The van der Waals surface area contributed by atoms with E-state index in [-0.39, 0.29) is 5.56 Å². The van der Waals surface area contributed by atoms with Gasteiger partial charge in [-0.3, -0.25) is 9.48 Å². The summed E-state index contributed by atoms with van der Waals surface area (Å²) >= 11 is 0. The zero-order chi connectivity index (χ0) is 15.0. The van der Waals surface area contributed by atoms with Crippen molar-refractivity contribution in [3.8, 4) is 22.5 Å². The van der Waals surface area contributed by atoms with Crippen LogP contribution in [-0.4, -0.2) is 20.0 Å². The number of hydrogen-bond donors (Lipinski definition) is 2. The van der Waals surface area contributed by atoms with Gasteiger partial charge in [-0.2, -0.15) is 10.2 Å². The summed E-state index contributed by atoms with van der Waals surface area (Å²) in [7, 11) is 1.78. The Labute approximate surface area is 121 Å². The van der Waals surface area contributed by atoms with Gasteiger partial charge in [0.15, 0.2) is 0 Å². The zero-order valence-corrected chi connectivity index (χ0v) is 11.8. The van der Waals surface area contributed by atoms with E-state index in [1.54, 1.807) is 17.8 Å². The molecule has 0 radical (unpaired) electrons. The number of benzene rings is 1. The summed E-state index contributed by atoms with van der Waals surface area (Å²) in [6.07, 6.45) is 0. The molecule has 0 unspecified atom stereocenters. The van der Waals surface area contributed by atoms with Crippen LogP contribution in [0.5, 0.6) is 0 Å². The molecule has 0 aliphatic heterocycles. The summed E-state index contributed by atoms with van der Waals surface area (Å²) in [4.78, 5) is 11.2. The normalized spacial score (nSPS) is 10.8. The molecule has 0 saturated heterocycles. The first kappa shape index (κ1) is 13.1. The van der Waals surface area contributed by atoms with E-state index in [0.29, 0.717) is 17.2 Å². The second-order valence-electron chi connectivity index (χ2n) is 4.85. The van der Waals surface area contributed by atoms with Gasteiger partial charge in [-0.15, -0.1) is 0 Å². The molecule has 3 aromatic rings. The number of nitrogens with one attached hydrogen (secondary N) is 1. The molecule has 1 aromatic carbocycles. The van der Waals surface area contributed by atoms with Crippen molar-refractivity contribution in [1.82, 2.24) is 20.0 Å². The number of H-pyrrole nitrogens is 1. The van der Waals surface area contributed by atoms with E-state index < -0.39 is 0 Å². The Morgan fingerprint density at radius 3 is 2.62 bits per heavy atom. The number of nitrogen functional groups attached to an aromatic ring is 1. The van der Waals surface area contributed by atoms with Crippen LogP contribution < -0.4 is 11.3 Å². The molecule has 0 fully saturated rings. The molecule has 21 heavy (non-hydrogen) atoms. The summed E-state index contributed by atoms with van der Waals surface area (Å²) in [5.74, 6) is 0.562. The summed E-state index contributed by atoms with van der Waals surface area (Å²) in [6.45, 7) is 2.02. The van der Waals surface area contributed by atoms with Crippen molar-refractivity contribution in [2.45, 2.75) is 6.92 Å². The maximum atomic E-state index is 11.2. The van der Waals surface area contributed by atoms with E-state index in [0.717, 1.165) is 16.7 Å². The molecular formula is C15H15N5O. The number of hydrogen-bond acceptors (Lipinski definition) is 4. The van der Waals surface area contributed by atoms with E-state index in [1.165, 1.54) is 6.07 Å². The molecule has 106 valence electrons. The first-order valence-corrected chi connectivity index (χ1v) is 6.52. The number of anilines is 1. The maximum Gasteiger partial charge on any atom is 0.264 e. The van der Waals surface area contributed by atoms with E-state index in [4.69, 9.17) is 5.73 Å². The Kier molecular flexibility index (Phi) is 3.06. The quantitative estimate of drug-likeness (QED) is 0.748. The van der Waals surface area contributed by atoms with Gasteiger partial charge in [0.05, 0.1) is 5.56 Å². The Hall–Kier alpha value is -2.89. The van der Waals surface area contributed by atoms with Gasteiger partial charge in [-0.1, -0.05) is 24.3 Å². The highest BCUT2D eigenvalue weighted by Crippen LogP contribution is 2.36. The van der Waals surface area contributed by atoms with Crippen molar-refractivity contribution in [3.05, 3.63) is 52.3 Å². The molecule has 6 nitrogen and oxygen atoms in total. The molecule has 0 aliphatic carbocycles. The van der Waals surface area contributed by atoms with Gasteiger partial charge in [-0.25, -0.2) is 5.10 Å². The third kappa shape index (κ3) is 2.20. The van der Waals surface area contributed by atoms with E-state index in [1.807, 2.05) is 31.2 Å². The Balaban J connectivity index is 2.28. The molecule has 0 amide bonds. The summed E-state index contributed by atoms with van der Waals surface area (Å²) < 4.78 is 1.61. The van der Waals surface area contributed by atoms with Gasteiger partial charge in [0.25, 0.3) is 5.56 Å². The fourth-order valence-electron chi connectivity index (χ4n) is 2.31. The summed E-state index contributed by atoms with van der Waals surface area (Å²) in [5.41, 5.74) is 10.1. The zero-order valence-electron chi connectivity index (χ0n) is 11.8. The molecule has 2 aromatic heterocycles. The molecule has 2 heterocycles. The van der Waals surface area contributed by atoms with Crippen LogP contribution in [0.25, 0.3) is 22.5 Å². The predicted octanol–water partition coefficient (Wildman–Crippen LogP) is 1.73. The first-order chi connectivity index (χ1) is 10.1. The number of aromatic nitrogens is 4. The minimum Gasteiger partial charge on any atom is -0.383 e.